The van der Waals surface area contributed by atoms with E-state index in [2.05, 4.69) is 5.32 Å². The lowest BCUT2D eigenvalue weighted by Gasteiger charge is -2.11. The standard InChI is InChI=1S/C19H22N2O3/c1-13-5-3-8-17(14(13)2)24-10-9-18(22)21-12-15-6-4-7-16(11-15)19(20)23/h3-8,11H,9-10,12H2,1-2H3,(H2,20,23)(H,21,22). The second-order valence-electron chi connectivity index (χ2n) is 5.64. The van der Waals surface area contributed by atoms with E-state index in [4.69, 9.17) is 10.5 Å². The number of aryl methyl sites for hydroxylation is 1. The summed E-state index contributed by atoms with van der Waals surface area (Å²) >= 11 is 0. The maximum Gasteiger partial charge on any atom is 0.248 e. The molecule has 0 aliphatic heterocycles. The van der Waals surface area contributed by atoms with Crippen LogP contribution < -0.4 is 15.8 Å². The first-order valence-corrected chi connectivity index (χ1v) is 7.82. The van der Waals surface area contributed by atoms with Crippen molar-refractivity contribution in [3.63, 3.8) is 0 Å². The van der Waals surface area contributed by atoms with E-state index in [0.717, 1.165) is 22.4 Å². The minimum atomic E-state index is -0.481. The number of rotatable bonds is 7. The number of benzene rings is 2. The second-order valence-corrected chi connectivity index (χ2v) is 5.64. The third-order valence-corrected chi connectivity index (χ3v) is 3.84. The molecule has 0 bridgehead atoms. The number of carbonyl (C=O) groups is 2. The summed E-state index contributed by atoms with van der Waals surface area (Å²) in [6.07, 6.45) is 0.267. The fourth-order valence-corrected chi connectivity index (χ4v) is 2.26. The molecule has 3 N–H and O–H groups in total. The van der Waals surface area contributed by atoms with E-state index >= 15 is 0 Å². The zero-order valence-electron chi connectivity index (χ0n) is 14.0. The molecule has 0 saturated carbocycles. The number of primary amides is 1. The lowest BCUT2D eigenvalue weighted by molar-refractivity contribution is -0.121. The van der Waals surface area contributed by atoms with Crippen LogP contribution in [0.25, 0.3) is 0 Å². The van der Waals surface area contributed by atoms with Gasteiger partial charge in [-0.05, 0) is 48.7 Å². The summed E-state index contributed by atoms with van der Waals surface area (Å²) in [7, 11) is 0. The normalized spacial score (nSPS) is 10.2. The van der Waals surface area contributed by atoms with Crippen molar-refractivity contribution in [2.75, 3.05) is 6.61 Å². The highest BCUT2D eigenvalue weighted by atomic mass is 16.5. The van der Waals surface area contributed by atoms with Crippen LogP contribution in [0.2, 0.25) is 0 Å². The van der Waals surface area contributed by atoms with E-state index < -0.39 is 5.91 Å². The van der Waals surface area contributed by atoms with Crippen molar-refractivity contribution in [2.45, 2.75) is 26.8 Å². The van der Waals surface area contributed by atoms with Gasteiger partial charge < -0.3 is 15.8 Å². The van der Waals surface area contributed by atoms with Crippen LogP contribution in [0.1, 0.15) is 33.5 Å². The maximum absolute atomic E-state index is 11.9. The summed E-state index contributed by atoms with van der Waals surface area (Å²) in [5.74, 6) is 0.215. The minimum Gasteiger partial charge on any atom is -0.493 e. The van der Waals surface area contributed by atoms with Gasteiger partial charge in [0.25, 0.3) is 0 Å². The highest BCUT2D eigenvalue weighted by molar-refractivity contribution is 5.92. The minimum absolute atomic E-state index is 0.107. The lowest BCUT2D eigenvalue weighted by Crippen LogP contribution is -2.24. The SMILES string of the molecule is Cc1cccc(OCCC(=O)NCc2cccc(C(N)=O)c2)c1C. The van der Waals surface area contributed by atoms with Gasteiger partial charge in [-0.2, -0.15) is 0 Å². The zero-order chi connectivity index (χ0) is 17.5. The maximum atomic E-state index is 11.9. The molecule has 5 nitrogen and oxygen atoms in total. The molecule has 0 spiro atoms. The van der Waals surface area contributed by atoms with Crippen LogP contribution in [-0.2, 0) is 11.3 Å². The Morgan fingerprint density at radius 2 is 1.88 bits per heavy atom. The van der Waals surface area contributed by atoms with Gasteiger partial charge in [-0.15, -0.1) is 0 Å². The Balaban J connectivity index is 1.78. The fourth-order valence-electron chi connectivity index (χ4n) is 2.26. The Kier molecular flexibility index (Phi) is 5.95. The molecule has 0 aliphatic rings. The molecule has 5 heteroatoms. The molecule has 0 fully saturated rings. The van der Waals surface area contributed by atoms with Crippen LogP contribution in [0.4, 0.5) is 0 Å². The van der Waals surface area contributed by atoms with Crippen molar-refractivity contribution >= 4 is 11.8 Å². The van der Waals surface area contributed by atoms with Gasteiger partial charge in [0, 0.05) is 12.1 Å². The van der Waals surface area contributed by atoms with Crippen LogP contribution >= 0.6 is 0 Å². The van der Waals surface area contributed by atoms with Gasteiger partial charge in [0.1, 0.15) is 5.75 Å². The molecule has 0 aromatic heterocycles. The molecule has 0 unspecified atom stereocenters. The van der Waals surface area contributed by atoms with E-state index in [-0.39, 0.29) is 12.3 Å². The quantitative estimate of drug-likeness (QED) is 0.820. The van der Waals surface area contributed by atoms with Crippen LogP contribution in [0.3, 0.4) is 0 Å². The third kappa shape index (κ3) is 4.84. The van der Waals surface area contributed by atoms with Crippen LogP contribution in [0.5, 0.6) is 5.75 Å². The molecule has 2 rings (SSSR count). The van der Waals surface area contributed by atoms with E-state index in [1.54, 1.807) is 18.2 Å². The molecular weight excluding hydrogens is 304 g/mol. The highest BCUT2D eigenvalue weighted by Gasteiger charge is 2.06. The van der Waals surface area contributed by atoms with Crippen molar-refractivity contribution in [1.29, 1.82) is 0 Å². The Morgan fingerprint density at radius 3 is 2.62 bits per heavy atom. The molecule has 0 radical (unpaired) electrons. The van der Waals surface area contributed by atoms with Crippen molar-refractivity contribution in [3.05, 3.63) is 64.7 Å². The fraction of sp³-hybridized carbons (Fsp3) is 0.263. The summed E-state index contributed by atoms with van der Waals surface area (Å²) in [6, 6.07) is 12.7. The topological polar surface area (TPSA) is 81.4 Å². The van der Waals surface area contributed by atoms with Gasteiger partial charge in [-0.3, -0.25) is 9.59 Å². The van der Waals surface area contributed by atoms with Gasteiger partial charge in [0.2, 0.25) is 11.8 Å². The zero-order valence-corrected chi connectivity index (χ0v) is 14.0. The predicted octanol–water partition coefficient (Wildman–Crippen LogP) is 2.49. The van der Waals surface area contributed by atoms with E-state index in [1.807, 2.05) is 38.1 Å². The molecule has 126 valence electrons. The Labute approximate surface area is 141 Å². The summed E-state index contributed by atoms with van der Waals surface area (Å²) < 4.78 is 5.67. The van der Waals surface area contributed by atoms with Gasteiger partial charge >= 0.3 is 0 Å². The van der Waals surface area contributed by atoms with Crippen molar-refractivity contribution in [1.82, 2.24) is 5.32 Å². The average molecular weight is 326 g/mol. The lowest BCUT2D eigenvalue weighted by atomic mass is 10.1. The molecule has 2 amide bonds. The molecule has 0 heterocycles. The molecule has 0 aliphatic carbocycles. The molecule has 2 aromatic rings. The summed E-state index contributed by atoms with van der Waals surface area (Å²) in [5, 5.41) is 2.81. The van der Waals surface area contributed by atoms with E-state index in [1.165, 1.54) is 0 Å². The number of hydrogen-bond donors (Lipinski definition) is 2. The molecule has 0 atom stereocenters. The smallest absolute Gasteiger partial charge is 0.248 e. The number of amides is 2. The number of ether oxygens (including phenoxy) is 1. The second kappa shape index (κ2) is 8.15. The van der Waals surface area contributed by atoms with Gasteiger partial charge in [-0.1, -0.05) is 24.3 Å². The van der Waals surface area contributed by atoms with Crippen LogP contribution in [0, 0.1) is 13.8 Å². The third-order valence-electron chi connectivity index (χ3n) is 3.84. The van der Waals surface area contributed by atoms with Crippen LogP contribution in [0.15, 0.2) is 42.5 Å². The van der Waals surface area contributed by atoms with Crippen molar-refractivity contribution < 1.29 is 14.3 Å². The largest absolute Gasteiger partial charge is 0.493 e. The number of nitrogens with two attached hydrogens (primary N) is 1. The first-order valence-electron chi connectivity index (χ1n) is 7.82. The van der Waals surface area contributed by atoms with Gasteiger partial charge in [0.15, 0.2) is 0 Å². The molecule has 24 heavy (non-hydrogen) atoms. The Morgan fingerprint density at radius 1 is 1.12 bits per heavy atom. The Bertz CT molecular complexity index is 741. The molecular formula is C19H22N2O3. The monoisotopic (exact) mass is 326 g/mol. The highest BCUT2D eigenvalue weighted by Crippen LogP contribution is 2.20. The Hall–Kier alpha value is -2.82. The van der Waals surface area contributed by atoms with Crippen molar-refractivity contribution in [2.24, 2.45) is 5.73 Å². The number of nitrogens with one attached hydrogen (secondary N) is 1. The average Bonchev–Trinajstić information content (AvgIpc) is 2.57. The van der Waals surface area contributed by atoms with E-state index in [9.17, 15) is 9.59 Å². The van der Waals surface area contributed by atoms with Gasteiger partial charge in [-0.25, -0.2) is 0 Å². The molecule has 0 saturated heterocycles. The summed E-state index contributed by atoms with van der Waals surface area (Å²) in [5.41, 5.74) is 8.74. The van der Waals surface area contributed by atoms with Crippen LogP contribution in [-0.4, -0.2) is 18.4 Å². The molecule has 2 aromatic carbocycles. The first kappa shape index (κ1) is 17.5. The van der Waals surface area contributed by atoms with Gasteiger partial charge in [0.05, 0.1) is 13.0 Å². The summed E-state index contributed by atoms with van der Waals surface area (Å²) in [4.78, 5) is 23.0. The van der Waals surface area contributed by atoms with Crippen molar-refractivity contribution in [3.8, 4) is 5.75 Å². The predicted molar refractivity (Wildman–Crippen MR) is 92.8 cm³/mol. The number of hydrogen-bond acceptors (Lipinski definition) is 3. The first-order chi connectivity index (χ1) is 11.5. The van der Waals surface area contributed by atoms with E-state index in [0.29, 0.717) is 18.7 Å². The number of carbonyl (C=O) groups excluding carboxylic acids is 2. The summed E-state index contributed by atoms with van der Waals surface area (Å²) in [6.45, 7) is 4.69.